The minimum absolute atomic E-state index is 0.208. The Morgan fingerprint density at radius 3 is 2.47 bits per heavy atom. The Kier molecular flexibility index (Phi) is 3.38. The number of urea groups is 1. The number of piperazine rings is 1. The number of nitrogens with one attached hydrogen (secondary N) is 1. The largest absolute Gasteiger partial charge is 0.322 e. The Hall–Kier alpha value is -1.62. The fourth-order valence-electron chi connectivity index (χ4n) is 2.49. The number of carbonyl (C=O) groups is 1. The average Bonchev–Trinajstić information content (AvgIpc) is 3.26. The Bertz CT molecular complexity index is 468. The smallest absolute Gasteiger partial charge is 0.322 e. The van der Waals surface area contributed by atoms with Crippen LogP contribution in [0.2, 0.25) is 0 Å². The van der Waals surface area contributed by atoms with Gasteiger partial charge in [-0.05, 0) is 25.0 Å². The summed E-state index contributed by atoms with van der Waals surface area (Å²) < 4.78 is 13.5. The molecule has 0 aromatic heterocycles. The molecule has 0 radical (unpaired) electrons. The Morgan fingerprint density at radius 2 is 1.84 bits per heavy atom. The molecule has 1 aliphatic heterocycles. The minimum atomic E-state index is -0.396. The molecule has 1 heterocycles. The van der Waals surface area contributed by atoms with Crippen LogP contribution < -0.4 is 5.32 Å². The van der Waals surface area contributed by atoms with Gasteiger partial charge in [-0.2, -0.15) is 0 Å². The first-order valence-electron chi connectivity index (χ1n) is 6.78. The van der Waals surface area contributed by atoms with Gasteiger partial charge in [0.1, 0.15) is 5.82 Å². The first-order chi connectivity index (χ1) is 9.24. The summed E-state index contributed by atoms with van der Waals surface area (Å²) in [5, 5.41) is 2.63. The Balaban J connectivity index is 1.55. The summed E-state index contributed by atoms with van der Waals surface area (Å²) in [6, 6.07) is 6.79. The van der Waals surface area contributed by atoms with Crippen molar-refractivity contribution in [3.05, 3.63) is 30.1 Å². The standard InChI is InChI=1S/C14H18FN3O/c15-12-3-1-2-4-13(12)16-14(19)18-9-7-17(8-10-18)11-5-6-11/h1-4,11H,5-10H2,(H,16,19). The van der Waals surface area contributed by atoms with Gasteiger partial charge in [-0.1, -0.05) is 12.1 Å². The zero-order chi connectivity index (χ0) is 13.2. The molecule has 0 atom stereocenters. The number of rotatable bonds is 2. The maximum Gasteiger partial charge on any atom is 0.322 e. The van der Waals surface area contributed by atoms with E-state index in [2.05, 4.69) is 10.2 Å². The molecule has 0 bridgehead atoms. The fourth-order valence-corrected chi connectivity index (χ4v) is 2.49. The predicted molar refractivity (Wildman–Crippen MR) is 71.6 cm³/mol. The second kappa shape index (κ2) is 5.17. The monoisotopic (exact) mass is 263 g/mol. The van der Waals surface area contributed by atoms with Crippen LogP contribution in [0, 0.1) is 5.82 Å². The number of para-hydroxylation sites is 1. The van der Waals surface area contributed by atoms with Crippen molar-refractivity contribution < 1.29 is 9.18 Å². The zero-order valence-corrected chi connectivity index (χ0v) is 10.8. The van der Waals surface area contributed by atoms with E-state index >= 15 is 0 Å². The lowest BCUT2D eigenvalue weighted by molar-refractivity contribution is 0.142. The lowest BCUT2D eigenvalue weighted by Crippen LogP contribution is -2.50. The van der Waals surface area contributed by atoms with Gasteiger partial charge in [-0.15, -0.1) is 0 Å². The van der Waals surface area contributed by atoms with Crippen LogP contribution in [0.4, 0.5) is 14.9 Å². The van der Waals surface area contributed by atoms with Crippen molar-refractivity contribution in [3.63, 3.8) is 0 Å². The number of carbonyl (C=O) groups excluding carboxylic acids is 1. The summed E-state index contributed by atoms with van der Waals surface area (Å²) in [7, 11) is 0. The maximum atomic E-state index is 13.5. The van der Waals surface area contributed by atoms with Crippen LogP contribution in [-0.2, 0) is 0 Å². The van der Waals surface area contributed by atoms with E-state index in [1.165, 1.54) is 18.9 Å². The number of anilines is 1. The lowest BCUT2D eigenvalue weighted by atomic mass is 10.3. The molecule has 1 saturated carbocycles. The van der Waals surface area contributed by atoms with Crippen LogP contribution in [0.1, 0.15) is 12.8 Å². The van der Waals surface area contributed by atoms with Crippen LogP contribution >= 0.6 is 0 Å². The number of amides is 2. The molecule has 0 unspecified atom stereocenters. The molecule has 1 aromatic rings. The molecule has 5 heteroatoms. The number of nitrogens with zero attached hydrogens (tertiary/aromatic N) is 2. The van der Waals surface area contributed by atoms with Gasteiger partial charge in [-0.25, -0.2) is 9.18 Å². The van der Waals surface area contributed by atoms with Crippen LogP contribution in [0.3, 0.4) is 0 Å². The van der Waals surface area contributed by atoms with E-state index in [0.29, 0.717) is 0 Å². The van der Waals surface area contributed by atoms with Crippen molar-refractivity contribution in [3.8, 4) is 0 Å². The number of halogens is 1. The van der Waals surface area contributed by atoms with Crippen LogP contribution in [0.5, 0.6) is 0 Å². The first-order valence-corrected chi connectivity index (χ1v) is 6.78. The van der Waals surface area contributed by atoms with Gasteiger partial charge in [0.25, 0.3) is 0 Å². The van der Waals surface area contributed by atoms with Crippen molar-refractivity contribution in [1.82, 2.24) is 9.80 Å². The van der Waals surface area contributed by atoms with Gasteiger partial charge in [0.05, 0.1) is 5.69 Å². The molecule has 102 valence electrons. The van der Waals surface area contributed by atoms with Gasteiger partial charge < -0.3 is 10.2 Å². The summed E-state index contributed by atoms with van der Waals surface area (Å²) in [5.41, 5.74) is 0.247. The number of hydrogen-bond acceptors (Lipinski definition) is 2. The van der Waals surface area contributed by atoms with Crippen LogP contribution in [-0.4, -0.2) is 48.1 Å². The van der Waals surface area contributed by atoms with Crippen molar-refractivity contribution in [2.45, 2.75) is 18.9 Å². The molecule has 1 N–H and O–H groups in total. The number of benzene rings is 1. The highest BCUT2D eigenvalue weighted by atomic mass is 19.1. The SMILES string of the molecule is O=C(Nc1ccccc1F)N1CCN(C2CC2)CC1. The third-order valence-corrected chi connectivity index (χ3v) is 3.78. The van der Waals surface area contributed by atoms with Gasteiger partial charge in [0.2, 0.25) is 0 Å². The minimum Gasteiger partial charge on any atom is -0.322 e. The van der Waals surface area contributed by atoms with E-state index in [4.69, 9.17) is 0 Å². The second-order valence-corrected chi connectivity index (χ2v) is 5.16. The average molecular weight is 263 g/mol. The van der Waals surface area contributed by atoms with Crippen molar-refractivity contribution in [2.75, 3.05) is 31.5 Å². The molecule has 3 rings (SSSR count). The van der Waals surface area contributed by atoms with Gasteiger partial charge >= 0.3 is 6.03 Å². The third-order valence-electron chi connectivity index (χ3n) is 3.78. The van der Waals surface area contributed by atoms with E-state index in [1.54, 1.807) is 23.1 Å². The van der Waals surface area contributed by atoms with Crippen LogP contribution in [0.25, 0.3) is 0 Å². The molecular formula is C14H18FN3O. The van der Waals surface area contributed by atoms with E-state index in [0.717, 1.165) is 32.2 Å². The molecule has 19 heavy (non-hydrogen) atoms. The number of hydrogen-bond donors (Lipinski definition) is 1. The summed E-state index contributed by atoms with van der Waals surface area (Å²) in [5.74, 6) is -0.396. The third kappa shape index (κ3) is 2.87. The predicted octanol–water partition coefficient (Wildman–Crippen LogP) is 2.14. The molecule has 1 aliphatic carbocycles. The van der Waals surface area contributed by atoms with Crippen molar-refractivity contribution in [1.29, 1.82) is 0 Å². The molecule has 1 saturated heterocycles. The molecular weight excluding hydrogens is 245 g/mol. The zero-order valence-electron chi connectivity index (χ0n) is 10.8. The summed E-state index contributed by atoms with van der Waals surface area (Å²) >= 11 is 0. The molecule has 4 nitrogen and oxygen atoms in total. The van der Waals surface area contributed by atoms with Gasteiger partial charge in [0.15, 0.2) is 0 Å². The van der Waals surface area contributed by atoms with E-state index in [9.17, 15) is 9.18 Å². The lowest BCUT2D eigenvalue weighted by Gasteiger charge is -2.34. The topological polar surface area (TPSA) is 35.6 Å². The summed E-state index contributed by atoms with van der Waals surface area (Å²) in [4.78, 5) is 16.2. The van der Waals surface area contributed by atoms with Gasteiger partial charge in [-0.3, -0.25) is 4.90 Å². The summed E-state index contributed by atoms with van der Waals surface area (Å²) in [6.45, 7) is 3.29. The summed E-state index contributed by atoms with van der Waals surface area (Å²) in [6.07, 6.45) is 2.59. The normalized spacial score (nSPS) is 20.4. The second-order valence-electron chi connectivity index (χ2n) is 5.16. The van der Waals surface area contributed by atoms with E-state index in [-0.39, 0.29) is 11.7 Å². The Labute approximate surface area is 112 Å². The first kappa shape index (κ1) is 12.4. The van der Waals surface area contributed by atoms with Crippen molar-refractivity contribution in [2.24, 2.45) is 0 Å². The molecule has 2 aliphatic rings. The highest BCUT2D eigenvalue weighted by molar-refractivity contribution is 5.89. The van der Waals surface area contributed by atoms with Crippen molar-refractivity contribution >= 4 is 11.7 Å². The highest BCUT2D eigenvalue weighted by Crippen LogP contribution is 2.27. The van der Waals surface area contributed by atoms with E-state index < -0.39 is 5.82 Å². The van der Waals surface area contributed by atoms with Gasteiger partial charge in [0, 0.05) is 32.2 Å². The quantitative estimate of drug-likeness (QED) is 0.887. The van der Waals surface area contributed by atoms with E-state index in [1.807, 2.05) is 0 Å². The Morgan fingerprint density at radius 1 is 1.16 bits per heavy atom. The molecule has 0 spiro atoms. The molecule has 2 amide bonds. The molecule has 2 fully saturated rings. The highest BCUT2D eigenvalue weighted by Gasteiger charge is 2.32. The fraction of sp³-hybridized carbons (Fsp3) is 0.500. The van der Waals surface area contributed by atoms with Crippen LogP contribution in [0.15, 0.2) is 24.3 Å². The maximum absolute atomic E-state index is 13.5. The molecule has 1 aromatic carbocycles.